The van der Waals surface area contributed by atoms with Crippen LogP contribution in [0.5, 0.6) is 17.2 Å². The van der Waals surface area contributed by atoms with Crippen molar-refractivity contribution in [3.8, 4) is 17.2 Å². The highest BCUT2D eigenvalue weighted by Crippen LogP contribution is 2.45. The van der Waals surface area contributed by atoms with Gasteiger partial charge >= 0.3 is 0 Å². The van der Waals surface area contributed by atoms with Crippen LogP contribution in [0, 0.1) is 5.82 Å². The number of benzene rings is 2. The second-order valence-corrected chi connectivity index (χ2v) is 9.48. The van der Waals surface area contributed by atoms with Gasteiger partial charge in [0.2, 0.25) is 5.78 Å². The summed E-state index contributed by atoms with van der Waals surface area (Å²) >= 11 is 0. The first-order valence-corrected chi connectivity index (χ1v) is 12.6. The summed E-state index contributed by atoms with van der Waals surface area (Å²) in [5, 5.41) is 13.7. The highest BCUT2D eigenvalue weighted by molar-refractivity contribution is 6.46. The number of nitrogens with zero attached hydrogens (tertiary/aromatic N) is 1. The molecule has 10 heteroatoms. The molecule has 2 aromatic rings. The first-order chi connectivity index (χ1) is 18.3. The molecule has 9 nitrogen and oxygen atoms in total. The van der Waals surface area contributed by atoms with Crippen LogP contribution in [0.3, 0.4) is 0 Å². The molecule has 2 fully saturated rings. The number of nitrogens with one attached hydrogen (secondary N) is 1. The molecule has 4 rings (SSSR count). The van der Waals surface area contributed by atoms with Crippen LogP contribution in [0.25, 0.3) is 5.76 Å². The second kappa shape index (κ2) is 11.8. The van der Waals surface area contributed by atoms with Crippen molar-refractivity contribution in [2.45, 2.75) is 26.0 Å². The van der Waals surface area contributed by atoms with Gasteiger partial charge in [-0.2, -0.15) is 0 Å². The maximum atomic E-state index is 14.8. The monoisotopic (exact) mass is 528 g/mol. The Hall–Kier alpha value is -3.63. The third kappa shape index (κ3) is 5.46. The van der Waals surface area contributed by atoms with E-state index in [-0.39, 0.29) is 29.5 Å². The van der Waals surface area contributed by atoms with Crippen LogP contribution in [-0.4, -0.2) is 76.3 Å². The molecule has 204 valence electrons. The van der Waals surface area contributed by atoms with Crippen LogP contribution >= 0.6 is 0 Å². The predicted molar refractivity (Wildman–Crippen MR) is 134 cm³/mol. The maximum Gasteiger partial charge on any atom is 0.295 e. The third-order valence-electron chi connectivity index (χ3n) is 6.72. The summed E-state index contributed by atoms with van der Waals surface area (Å²) in [6.45, 7) is 7.12. The summed E-state index contributed by atoms with van der Waals surface area (Å²) in [6, 6.07) is 7.84. The van der Waals surface area contributed by atoms with Crippen LogP contribution in [0.1, 0.15) is 31.0 Å². The van der Waals surface area contributed by atoms with Crippen LogP contribution in [0.15, 0.2) is 42.0 Å². The third-order valence-corrected chi connectivity index (χ3v) is 6.72. The Bertz CT molecular complexity index is 1220. The van der Waals surface area contributed by atoms with Crippen molar-refractivity contribution >= 4 is 17.4 Å². The highest BCUT2D eigenvalue weighted by Gasteiger charge is 2.46. The van der Waals surface area contributed by atoms with E-state index in [1.165, 1.54) is 36.2 Å². The molecular formula is C28H33FN2O7. The molecule has 0 aromatic heterocycles. The molecule has 2 aliphatic rings. The number of ketones is 1. The van der Waals surface area contributed by atoms with E-state index in [2.05, 4.69) is 0 Å². The molecule has 0 radical (unpaired) electrons. The lowest BCUT2D eigenvalue weighted by Crippen LogP contribution is -3.14. The largest absolute Gasteiger partial charge is 0.872 e. The Labute approximate surface area is 221 Å². The number of para-hydroxylation sites is 1. The summed E-state index contributed by atoms with van der Waals surface area (Å²) in [5.74, 6) is -2.45. The number of quaternary nitrogens is 1. The van der Waals surface area contributed by atoms with E-state index in [0.717, 1.165) is 19.2 Å². The van der Waals surface area contributed by atoms with E-state index in [0.29, 0.717) is 36.8 Å². The molecule has 0 bridgehead atoms. The summed E-state index contributed by atoms with van der Waals surface area (Å²) in [6.07, 6.45) is -0.262. The van der Waals surface area contributed by atoms with Gasteiger partial charge in [-0.3, -0.25) is 9.59 Å². The summed E-state index contributed by atoms with van der Waals surface area (Å²) in [4.78, 5) is 29.3. The summed E-state index contributed by atoms with van der Waals surface area (Å²) < 4.78 is 36.7. The molecule has 2 aliphatic heterocycles. The Balaban J connectivity index is 1.81. The lowest BCUT2D eigenvalue weighted by molar-refractivity contribution is -0.907. The van der Waals surface area contributed by atoms with E-state index < -0.39 is 29.3 Å². The van der Waals surface area contributed by atoms with Gasteiger partial charge in [-0.25, -0.2) is 4.39 Å². The zero-order chi connectivity index (χ0) is 27.4. The second-order valence-electron chi connectivity index (χ2n) is 9.48. The Morgan fingerprint density at radius 1 is 1.13 bits per heavy atom. The SMILES string of the molecule is COc1cccc(C2C(=C([O-])c3ccc(OC(C)C)c(F)c3)C(=O)C(=O)N2CC[NH+]2CCOCC2)c1OC. The number of likely N-dealkylation sites (tertiary alicyclic amines) is 1. The number of rotatable bonds is 9. The zero-order valence-electron chi connectivity index (χ0n) is 22.0. The number of carbonyl (C=O) groups is 2. The first kappa shape index (κ1) is 27.4. The number of hydrogen-bond donors (Lipinski definition) is 1. The van der Waals surface area contributed by atoms with Gasteiger partial charge in [-0.15, -0.1) is 0 Å². The van der Waals surface area contributed by atoms with E-state index in [1.54, 1.807) is 32.0 Å². The van der Waals surface area contributed by atoms with E-state index >= 15 is 0 Å². The van der Waals surface area contributed by atoms with Crippen LogP contribution in [-0.2, 0) is 14.3 Å². The van der Waals surface area contributed by atoms with Crippen molar-refractivity contribution in [3.05, 3.63) is 58.9 Å². The van der Waals surface area contributed by atoms with Gasteiger partial charge in [0.1, 0.15) is 13.1 Å². The minimum atomic E-state index is -1.03. The molecular weight excluding hydrogens is 495 g/mol. The van der Waals surface area contributed by atoms with Gasteiger partial charge in [-0.1, -0.05) is 24.0 Å². The Morgan fingerprint density at radius 2 is 1.87 bits per heavy atom. The molecule has 1 N–H and O–H groups in total. The fraction of sp³-hybridized carbons (Fsp3) is 0.429. The molecule has 0 aliphatic carbocycles. The average Bonchev–Trinajstić information content (AvgIpc) is 3.17. The van der Waals surface area contributed by atoms with Gasteiger partial charge in [0.05, 0.1) is 52.7 Å². The molecule has 38 heavy (non-hydrogen) atoms. The number of amides is 1. The lowest BCUT2D eigenvalue weighted by Gasteiger charge is -2.31. The zero-order valence-corrected chi connectivity index (χ0v) is 22.0. The number of morpholine rings is 1. The maximum absolute atomic E-state index is 14.8. The molecule has 0 saturated carbocycles. The quantitative estimate of drug-likeness (QED) is 0.292. The van der Waals surface area contributed by atoms with Gasteiger partial charge in [-0.05, 0) is 37.6 Å². The first-order valence-electron chi connectivity index (χ1n) is 12.6. The van der Waals surface area contributed by atoms with E-state index in [4.69, 9.17) is 18.9 Å². The normalized spacial score (nSPS) is 19.7. The van der Waals surface area contributed by atoms with Gasteiger partial charge < -0.3 is 33.9 Å². The fourth-order valence-electron chi connectivity index (χ4n) is 4.89. The van der Waals surface area contributed by atoms with Gasteiger partial charge in [0.15, 0.2) is 23.1 Å². The lowest BCUT2D eigenvalue weighted by atomic mass is 9.94. The minimum absolute atomic E-state index is 0.00324. The molecule has 2 saturated heterocycles. The number of methoxy groups -OCH3 is 2. The van der Waals surface area contributed by atoms with Gasteiger partial charge in [0.25, 0.3) is 5.91 Å². The smallest absolute Gasteiger partial charge is 0.295 e. The number of ether oxygens (including phenoxy) is 4. The summed E-state index contributed by atoms with van der Waals surface area (Å²) in [7, 11) is 2.93. The molecule has 1 amide bonds. The Morgan fingerprint density at radius 3 is 2.50 bits per heavy atom. The van der Waals surface area contributed by atoms with E-state index in [9.17, 15) is 19.1 Å². The minimum Gasteiger partial charge on any atom is -0.872 e. The van der Waals surface area contributed by atoms with Crippen molar-refractivity contribution in [2.75, 3.05) is 53.6 Å². The fourth-order valence-corrected chi connectivity index (χ4v) is 4.89. The highest BCUT2D eigenvalue weighted by atomic mass is 19.1. The standard InChI is InChI=1S/C28H33FN2O7/c1-17(2)38-21-9-8-18(16-20(21)29)25(32)23-24(19-6-5-7-22(35-3)27(19)36-4)31(28(34)26(23)33)11-10-30-12-14-37-15-13-30/h5-9,16-17,24,32H,10-15H2,1-4H3. The molecule has 1 unspecified atom stereocenters. The van der Waals surface area contributed by atoms with Crippen LogP contribution in [0.4, 0.5) is 4.39 Å². The van der Waals surface area contributed by atoms with Crippen molar-refractivity contribution in [1.82, 2.24) is 4.90 Å². The van der Waals surface area contributed by atoms with Crippen LogP contribution < -0.4 is 24.2 Å². The number of hydrogen-bond acceptors (Lipinski definition) is 7. The molecule has 0 spiro atoms. The molecule has 1 atom stereocenters. The molecule has 2 aromatic carbocycles. The number of halogens is 1. The van der Waals surface area contributed by atoms with Crippen LogP contribution in [0.2, 0.25) is 0 Å². The molecule has 2 heterocycles. The van der Waals surface area contributed by atoms with Crippen molar-refractivity contribution in [1.29, 1.82) is 0 Å². The van der Waals surface area contributed by atoms with E-state index in [1.807, 2.05) is 0 Å². The number of Topliss-reactive ketones (excluding diaryl/α,β-unsaturated/α-hetero) is 1. The van der Waals surface area contributed by atoms with Crippen molar-refractivity contribution < 1.29 is 42.9 Å². The topological polar surface area (TPSA) is 102 Å². The van der Waals surface area contributed by atoms with Crippen molar-refractivity contribution in [2.24, 2.45) is 0 Å². The summed E-state index contributed by atoms with van der Waals surface area (Å²) in [5.41, 5.74) is 0.129. The Kier molecular flexibility index (Phi) is 8.53. The number of carbonyl (C=O) groups excluding carboxylic acids is 2. The average molecular weight is 529 g/mol. The van der Waals surface area contributed by atoms with Gasteiger partial charge in [0, 0.05) is 11.1 Å². The van der Waals surface area contributed by atoms with Crippen molar-refractivity contribution in [3.63, 3.8) is 0 Å². The predicted octanol–water partition coefficient (Wildman–Crippen LogP) is 0.769.